The summed E-state index contributed by atoms with van der Waals surface area (Å²) in [5, 5.41) is 2.97. The summed E-state index contributed by atoms with van der Waals surface area (Å²) in [6.07, 6.45) is 3.37. The molecule has 152 valence electrons. The van der Waals surface area contributed by atoms with Gasteiger partial charge in [-0.2, -0.15) is 0 Å². The highest BCUT2D eigenvalue weighted by molar-refractivity contribution is 7.89. The molecule has 1 N–H and O–H groups in total. The van der Waals surface area contributed by atoms with Gasteiger partial charge in [0.25, 0.3) is 0 Å². The molecule has 1 atom stereocenters. The summed E-state index contributed by atoms with van der Waals surface area (Å²) in [5.74, 6) is 0.674. The number of amides is 1. The van der Waals surface area contributed by atoms with Gasteiger partial charge < -0.3 is 10.1 Å². The van der Waals surface area contributed by atoms with Gasteiger partial charge in [-0.05, 0) is 64.2 Å². The van der Waals surface area contributed by atoms with Crippen LogP contribution in [0.2, 0.25) is 0 Å². The molecule has 7 heteroatoms. The lowest BCUT2D eigenvalue weighted by molar-refractivity contribution is -0.126. The van der Waals surface area contributed by atoms with Crippen LogP contribution in [0.25, 0.3) is 0 Å². The molecule has 1 saturated heterocycles. The van der Waals surface area contributed by atoms with Gasteiger partial charge in [0, 0.05) is 19.6 Å². The van der Waals surface area contributed by atoms with E-state index >= 15 is 0 Å². The molecular formula is C20H32N2O4S. The number of aryl methyl sites for hydroxylation is 1. The number of ether oxygens (including phenoxy) is 1. The van der Waals surface area contributed by atoms with E-state index in [4.69, 9.17) is 4.74 Å². The van der Waals surface area contributed by atoms with E-state index in [9.17, 15) is 13.2 Å². The summed E-state index contributed by atoms with van der Waals surface area (Å²) in [6.45, 7) is 7.07. The fraction of sp³-hybridized carbons (Fsp3) is 0.650. The van der Waals surface area contributed by atoms with Crippen molar-refractivity contribution in [3.63, 3.8) is 0 Å². The number of benzene rings is 1. The molecule has 0 aliphatic carbocycles. The van der Waals surface area contributed by atoms with Crippen LogP contribution in [-0.4, -0.2) is 50.1 Å². The largest absolute Gasteiger partial charge is 0.491 e. The molecule has 0 saturated carbocycles. The number of carbonyl (C=O) groups excluding carboxylic acids is 1. The Labute approximate surface area is 163 Å². The number of carbonyl (C=O) groups is 1. The van der Waals surface area contributed by atoms with Gasteiger partial charge in [-0.25, -0.2) is 12.7 Å². The smallest absolute Gasteiger partial charge is 0.224 e. The van der Waals surface area contributed by atoms with E-state index in [2.05, 4.69) is 5.32 Å². The maximum Gasteiger partial charge on any atom is 0.224 e. The number of nitrogens with zero attached hydrogens (tertiary/aromatic N) is 1. The second-order valence-electron chi connectivity index (χ2n) is 7.30. The summed E-state index contributed by atoms with van der Waals surface area (Å²) in [7, 11) is -3.22. The molecule has 0 bridgehead atoms. The van der Waals surface area contributed by atoms with Crippen molar-refractivity contribution in [1.29, 1.82) is 0 Å². The van der Waals surface area contributed by atoms with E-state index in [0.717, 1.165) is 31.4 Å². The summed E-state index contributed by atoms with van der Waals surface area (Å²) in [4.78, 5) is 12.4. The quantitative estimate of drug-likeness (QED) is 0.651. The molecule has 1 amide bonds. The summed E-state index contributed by atoms with van der Waals surface area (Å²) >= 11 is 0. The minimum atomic E-state index is -3.22. The Morgan fingerprint density at radius 2 is 2.00 bits per heavy atom. The highest BCUT2D eigenvalue weighted by atomic mass is 32.2. The lowest BCUT2D eigenvalue weighted by Crippen LogP contribution is -2.46. The molecule has 0 aromatic heterocycles. The first-order valence-corrected chi connectivity index (χ1v) is 11.4. The minimum Gasteiger partial charge on any atom is -0.491 e. The number of nitrogens with one attached hydrogen (secondary N) is 1. The summed E-state index contributed by atoms with van der Waals surface area (Å²) < 4.78 is 31.1. The molecule has 1 aliphatic heterocycles. The van der Waals surface area contributed by atoms with Gasteiger partial charge in [0.05, 0.1) is 17.8 Å². The normalized spacial score (nSPS) is 18.4. The van der Waals surface area contributed by atoms with Crippen molar-refractivity contribution in [2.24, 2.45) is 5.92 Å². The van der Waals surface area contributed by atoms with Crippen molar-refractivity contribution in [1.82, 2.24) is 9.62 Å². The third-order valence-electron chi connectivity index (χ3n) is 4.75. The molecule has 0 radical (unpaired) electrons. The second kappa shape index (κ2) is 10.1. The average Bonchev–Trinajstić information content (AvgIpc) is 2.66. The molecule has 2 rings (SSSR count). The van der Waals surface area contributed by atoms with Crippen molar-refractivity contribution in [2.75, 3.05) is 25.4 Å². The van der Waals surface area contributed by atoms with Crippen LogP contribution in [0.4, 0.5) is 0 Å². The molecule has 1 aliphatic rings. The number of hydrogen-bond acceptors (Lipinski definition) is 4. The second-order valence-corrected chi connectivity index (χ2v) is 9.56. The minimum absolute atomic E-state index is 0.0355. The van der Waals surface area contributed by atoms with Crippen molar-refractivity contribution < 1.29 is 17.9 Å². The fourth-order valence-electron chi connectivity index (χ4n) is 3.25. The molecule has 0 spiro atoms. The van der Waals surface area contributed by atoms with Crippen LogP contribution in [0.3, 0.4) is 0 Å². The van der Waals surface area contributed by atoms with Gasteiger partial charge in [0.1, 0.15) is 5.75 Å². The van der Waals surface area contributed by atoms with E-state index in [1.54, 1.807) is 6.92 Å². The number of sulfonamides is 1. The third kappa shape index (κ3) is 6.81. The van der Waals surface area contributed by atoms with E-state index in [-0.39, 0.29) is 23.7 Å². The van der Waals surface area contributed by atoms with E-state index in [1.807, 2.05) is 38.1 Å². The zero-order valence-electron chi connectivity index (χ0n) is 16.6. The lowest BCUT2D eigenvalue weighted by Gasteiger charge is -2.30. The molecular weight excluding hydrogens is 364 g/mol. The van der Waals surface area contributed by atoms with Crippen molar-refractivity contribution in [3.05, 3.63) is 29.8 Å². The van der Waals surface area contributed by atoms with E-state index < -0.39 is 10.0 Å². The van der Waals surface area contributed by atoms with Gasteiger partial charge >= 0.3 is 0 Å². The highest BCUT2D eigenvalue weighted by Crippen LogP contribution is 2.20. The molecule has 0 unspecified atom stereocenters. The predicted octanol–water partition coefficient (Wildman–Crippen LogP) is 2.58. The number of rotatable bonds is 9. The van der Waals surface area contributed by atoms with Crippen molar-refractivity contribution >= 4 is 15.9 Å². The van der Waals surface area contributed by atoms with E-state index in [1.165, 1.54) is 9.87 Å². The molecule has 1 aromatic rings. The first kappa shape index (κ1) is 21.7. The van der Waals surface area contributed by atoms with Gasteiger partial charge in [0.2, 0.25) is 15.9 Å². The third-order valence-corrected chi connectivity index (χ3v) is 6.60. The fourth-order valence-corrected chi connectivity index (χ4v) is 4.43. The maximum absolute atomic E-state index is 12.4. The van der Waals surface area contributed by atoms with E-state index in [0.29, 0.717) is 19.6 Å². The van der Waals surface area contributed by atoms with Gasteiger partial charge in [0.15, 0.2) is 0 Å². The molecule has 1 aromatic carbocycles. The molecule has 1 fully saturated rings. The topological polar surface area (TPSA) is 75.7 Å². The van der Waals surface area contributed by atoms with Crippen LogP contribution >= 0.6 is 0 Å². The lowest BCUT2D eigenvalue weighted by atomic mass is 9.99. The van der Waals surface area contributed by atoms with Crippen LogP contribution in [0.5, 0.6) is 5.75 Å². The van der Waals surface area contributed by atoms with Crippen LogP contribution in [-0.2, 0) is 21.2 Å². The number of hydrogen-bond donors (Lipinski definition) is 1. The van der Waals surface area contributed by atoms with Crippen LogP contribution in [0.1, 0.15) is 45.6 Å². The summed E-state index contributed by atoms with van der Waals surface area (Å²) in [6, 6.07) is 8.04. The van der Waals surface area contributed by atoms with Crippen molar-refractivity contribution in [2.45, 2.75) is 52.6 Å². The Morgan fingerprint density at radius 3 is 2.63 bits per heavy atom. The first-order chi connectivity index (χ1) is 12.8. The predicted molar refractivity (Wildman–Crippen MR) is 107 cm³/mol. The average molecular weight is 397 g/mol. The molecule has 1 heterocycles. The molecule has 6 nitrogen and oxygen atoms in total. The van der Waals surface area contributed by atoms with Gasteiger partial charge in [-0.1, -0.05) is 12.1 Å². The zero-order chi connectivity index (χ0) is 19.9. The standard InChI is InChI=1S/C20H32N2O4S/c1-4-27(24,25)22-14-6-8-18(15-22)20(23)21-13-5-7-17-9-11-19(12-10-17)26-16(2)3/h9-12,16,18H,4-8,13-15H2,1-3H3,(H,21,23)/t18-/m1/s1. The molecule has 27 heavy (non-hydrogen) atoms. The van der Waals surface area contributed by atoms with Gasteiger partial charge in [-0.15, -0.1) is 0 Å². The Bertz CT molecular complexity index is 701. The summed E-state index contributed by atoms with van der Waals surface area (Å²) in [5.41, 5.74) is 1.21. The Hall–Kier alpha value is -1.60. The Balaban J connectivity index is 1.72. The monoisotopic (exact) mass is 396 g/mol. The van der Waals surface area contributed by atoms with Crippen LogP contribution in [0, 0.1) is 5.92 Å². The SMILES string of the molecule is CCS(=O)(=O)N1CCC[C@@H](C(=O)NCCCc2ccc(OC(C)C)cc2)C1. The zero-order valence-corrected chi connectivity index (χ0v) is 17.4. The highest BCUT2D eigenvalue weighted by Gasteiger charge is 2.31. The maximum atomic E-state index is 12.4. The first-order valence-electron chi connectivity index (χ1n) is 9.83. The van der Waals surface area contributed by atoms with Crippen LogP contribution < -0.4 is 10.1 Å². The van der Waals surface area contributed by atoms with Crippen molar-refractivity contribution in [3.8, 4) is 5.75 Å². The Morgan fingerprint density at radius 1 is 1.30 bits per heavy atom. The van der Waals surface area contributed by atoms with Gasteiger partial charge in [-0.3, -0.25) is 4.79 Å². The van der Waals surface area contributed by atoms with Crippen LogP contribution in [0.15, 0.2) is 24.3 Å². The number of piperidine rings is 1. The Kier molecular flexibility index (Phi) is 8.10.